The number of aryl methyl sites for hydroxylation is 1. The van der Waals surface area contributed by atoms with Crippen molar-refractivity contribution in [3.63, 3.8) is 0 Å². The van der Waals surface area contributed by atoms with Crippen LogP contribution in [0, 0.1) is 5.92 Å². The molecule has 20 heavy (non-hydrogen) atoms. The number of carbonyl (C=O) groups excluding carboxylic acids is 1. The molecule has 2 aliphatic rings. The highest BCUT2D eigenvalue weighted by atomic mass is 35.5. The third-order valence-electron chi connectivity index (χ3n) is 4.54. The predicted molar refractivity (Wildman–Crippen MR) is 83.0 cm³/mol. The van der Waals surface area contributed by atoms with Gasteiger partial charge in [-0.1, -0.05) is 24.3 Å². The molecule has 1 aromatic rings. The van der Waals surface area contributed by atoms with Gasteiger partial charge in [0.15, 0.2) is 0 Å². The summed E-state index contributed by atoms with van der Waals surface area (Å²) in [5, 5.41) is 3.23. The molecule has 0 aromatic heterocycles. The molecule has 0 heterocycles. The first-order valence-corrected chi connectivity index (χ1v) is 7.35. The van der Waals surface area contributed by atoms with Gasteiger partial charge in [-0.05, 0) is 49.7 Å². The number of hydrogen-bond acceptors (Lipinski definition) is 2. The fourth-order valence-electron chi connectivity index (χ4n) is 3.39. The molecule has 1 fully saturated rings. The Hall–Kier alpha value is -1.06. The van der Waals surface area contributed by atoms with E-state index in [1.54, 1.807) is 0 Å². The van der Waals surface area contributed by atoms with E-state index in [1.807, 2.05) is 0 Å². The van der Waals surface area contributed by atoms with E-state index in [-0.39, 0.29) is 30.3 Å². The van der Waals surface area contributed by atoms with Gasteiger partial charge in [-0.25, -0.2) is 0 Å². The van der Waals surface area contributed by atoms with Crippen LogP contribution in [0.15, 0.2) is 24.3 Å². The van der Waals surface area contributed by atoms with E-state index in [0.717, 1.165) is 38.5 Å². The molecule has 3 atom stereocenters. The molecule has 110 valence electrons. The van der Waals surface area contributed by atoms with Crippen LogP contribution in [0.2, 0.25) is 0 Å². The van der Waals surface area contributed by atoms with Crippen LogP contribution in [0.4, 0.5) is 0 Å². The van der Waals surface area contributed by atoms with Crippen molar-refractivity contribution < 1.29 is 4.79 Å². The van der Waals surface area contributed by atoms with E-state index in [2.05, 4.69) is 29.6 Å². The summed E-state index contributed by atoms with van der Waals surface area (Å²) >= 11 is 0. The Bertz CT molecular complexity index is 477. The lowest BCUT2D eigenvalue weighted by Crippen LogP contribution is -2.41. The highest BCUT2D eigenvalue weighted by Crippen LogP contribution is 2.26. The number of fused-ring (bicyclic) bond motifs is 1. The van der Waals surface area contributed by atoms with Crippen LogP contribution in [0.3, 0.4) is 0 Å². The number of halogens is 1. The zero-order valence-corrected chi connectivity index (χ0v) is 12.5. The number of rotatable bonds is 2. The first-order chi connectivity index (χ1) is 9.22. The maximum atomic E-state index is 12.2. The third-order valence-corrected chi connectivity index (χ3v) is 4.54. The lowest BCUT2D eigenvalue weighted by atomic mass is 9.88. The van der Waals surface area contributed by atoms with Crippen molar-refractivity contribution in [3.8, 4) is 0 Å². The topological polar surface area (TPSA) is 55.1 Å². The Morgan fingerprint density at radius 1 is 1.15 bits per heavy atom. The van der Waals surface area contributed by atoms with Crippen molar-refractivity contribution >= 4 is 18.3 Å². The van der Waals surface area contributed by atoms with Crippen molar-refractivity contribution in [2.45, 2.75) is 50.6 Å². The van der Waals surface area contributed by atoms with E-state index in [4.69, 9.17) is 5.73 Å². The van der Waals surface area contributed by atoms with Gasteiger partial charge in [0.05, 0.1) is 0 Å². The lowest BCUT2D eigenvalue weighted by Gasteiger charge is -2.26. The molecule has 3 rings (SSSR count). The minimum Gasteiger partial charge on any atom is -0.353 e. The minimum atomic E-state index is 0. The summed E-state index contributed by atoms with van der Waals surface area (Å²) in [6.45, 7) is 0. The molecule has 1 amide bonds. The van der Waals surface area contributed by atoms with Gasteiger partial charge in [-0.15, -0.1) is 12.4 Å². The van der Waals surface area contributed by atoms with Gasteiger partial charge in [0, 0.05) is 18.0 Å². The summed E-state index contributed by atoms with van der Waals surface area (Å²) in [5.41, 5.74) is 8.71. The number of nitrogens with one attached hydrogen (secondary N) is 1. The van der Waals surface area contributed by atoms with E-state index in [0.29, 0.717) is 6.04 Å². The molecule has 0 bridgehead atoms. The molecule has 2 aliphatic carbocycles. The summed E-state index contributed by atoms with van der Waals surface area (Å²) in [4.78, 5) is 12.2. The predicted octanol–water partition coefficient (Wildman–Crippen LogP) is 2.21. The smallest absolute Gasteiger partial charge is 0.223 e. The zero-order chi connectivity index (χ0) is 13.2. The van der Waals surface area contributed by atoms with E-state index < -0.39 is 0 Å². The molecule has 1 saturated carbocycles. The maximum absolute atomic E-state index is 12.2. The molecule has 3 nitrogen and oxygen atoms in total. The fourth-order valence-corrected chi connectivity index (χ4v) is 3.39. The van der Waals surface area contributed by atoms with Gasteiger partial charge in [0.25, 0.3) is 0 Å². The summed E-state index contributed by atoms with van der Waals surface area (Å²) in [5.74, 6) is 0.365. The number of nitrogens with two attached hydrogens (primary N) is 1. The first-order valence-electron chi connectivity index (χ1n) is 7.35. The van der Waals surface area contributed by atoms with E-state index >= 15 is 0 Å². The number of hydrogen-bond donors (Lipinski definition) is 2. The van der Waals surface area contributed by atoms with Gasteiger partial charge in [0.2, 0.25) is 5.91 Å². The lowest BCUT2D eigenvalue weighted by molar-refractivity contribution is -0.125. The van der Waals surface area contributed by atoms with Crippen molar-refractivity contribution in [3.05, 3.63) is 35.4 Å². The summed E-state index contributed by atoms with van der Waals surface area (Å²) in [6.07, 6.45) is 5.91. The summed E-state index contributed by atoms with van der Waals surface area (Å²) in [6, 6.07) is 9.08. The molecule has 3 unspecified atom stereocenters. The van der Waals surface area contributed by atoms with Gasteiger partial charge in [-0.2, -0.15) is 0 Å². The molecular weight excluding hydrogens is 272 g/mol. The summed E-state index contributed by atoms with van der Waals surface area (Å²) in [7, 11) is 0. The Labute approximate surface area is 126 Å². The summed E-state index contributed by atoms with van der Waals surface area (Å²) < 4.78 is 0. The number of amides is 1. The average molecular weight is 295 g/mol. The van der Waals surface area contributed by atoms with Crippen molar-refractivity contribution in [1.82, 2.24) is 5.32 Å². The molecule has 0 spiro atoms. The Morgan fingerprint density at radius 3 is 2.60 bits per heavy atom. The van der Waals surface area contributed by atoms with E-state index in [1.165, 1.54) is 11.1 Å². The van der Waals surface area contributed by atoms with Crippen LogP contribution >= 0.6 is 12.4 Å². The molecule has 3 N–H and O–H groups in total. The monoisotopic (exact) mass is 294 g/mol. The van der Waals surface area contributed by atoms with Crippen molar-refractivity contribution in [1.29, 1.82) is 0 Å². The zero-order valence-electron chi connectivity index (χ0n) is 11.7. The molecule has 0 aliphatic heterocycles. The SMILES string of the molecule is Cl.NC1CCC(C(=O)NC2CCc3ccccc3C2)C1. The Balaban J connectivity index is 0.00000147. The van der Waals surface area contributed by atoms with Gasteiger partial charge < -0.3 is 11.1 Å². The fraction of sp³-hybridized carbons (Fsp3) is 0.562. The molecule has 4 heteroatoms. The quantitative estimate of drug-likeness (QED) is 0.879. The van der Waals surface area contributed by atoms with Gasteiger partial charge >= 0.3 is 0 Å². The van der Waals surface area contributed by atoms with Crippen LogP contribution in [-0.4, -0.2) is 18.0 Å². The highest BCUT2D eigenvalue weighted by molar-refractivity contribution is 5.85. The Kier molecular flexibility index (Phi) is 5.06. The molecule has 0 saturated heterocycles. The number of carbonyl (C=O) groups is 1. The molecule has 1 aromatic carbocycles. The van der Waals surface area contributed by atoms with Crippen molar-refractivity contribution in [2.75, 3.05) is 0 Å². The van der Waals surface area contributed by atoms with Crippen LogP contribution < -0.4 is 11.1 Å². The Morgan fingerprint density at radius 2 is 1.90 bits per heavy atom. The second kappa shape index (κ2) is 6.59. The van der Waals surface area contributed by atoms with Gasteiger partial charge in [-0.3, -0.25) is 4.79 Å². The van der Waals surface area contributed by atoms with Crippen LogP contribution in [0.25, 0.3) is 0 Å². The second-order valence-corrected chi connectivity index (χ2v) is 5.99. The number of benzene rings is 1. The molecule has 0 radical (unpaired) electrons. The average Bonchev–Trinajstić information content (AvgIpc) is 2.85. The van der Waals surface area contributed by atoms with Gasteiger partial charge in [0.1, 0.15) is 0 Å². The molecular formula is C16H23ClN2O. The standard InChI is InChI=1S/C16H22N2O.ClH/c17-14-7-5-13(9-14)16(19)18-15-8-6-11-3-1-2-4-12(11)10-15;/h1-4,13-15H,5-10,17H2,(H,18,19);1H. The second-order valence-electron chi connectivity index (χ2n) is 5.99. The van der Waals surface area contributed by atoms with Crippen molar-refractivity contribution in [2.24, 2.45) is 11.7 Å². The van der Waals surface area contributed by atoms with Crippen LogP contribution in [0.5, 0.6) is 0 Å². The maximum Gasteiger partial charge on any atom is 0.223 e. The van der Waals surface area contributed by atoms with Crippen LogP contribution in [0.1, 0.15) is 36.8 Å². The normalized spacial score (nSPS) is 28.4. The first kappa shape index (κ1) is 15.3. The highest BCUT2D eigenvalue weighted by Gasteiger charge is 2.29. The minimum absolute atomic E-state index is 0. The largest absolute Gasteiger partial charge is 0.353 e. The van der Waals surface area contributed by atoms with Crippen LogP contribution in [-0.2, 0) is 17.6 Å². The third kappa shape index (κ3) is 3.33. The van der Waals surface area contributed by atoms with E-state index in [9.17, 15) is 4.79 Å².